The highest BCUT2D eigenvalue weighted by Gasteiger charge is 2.49. The van der Waals surface area contributed by atoms with Gasteiger partial charge in [-0.1, -0.05) is 37.9 Å². The van der Waals surface area contributed by atoms with E-state index in [-0.39, 0.29) is 29.7 Å². The molecule has 0 aromatic carbocycles. The van der Waals surface area contributed by atoms with Crippen molar-refractivity contribution in [2.24, 2.45) is 22.9 Å². The maximum absolute atomic E-state index is 15.2. The second-order valence-corrected chi connectivity index (χ2v) is 10.8. The van der Waals surface area contributed by atoms with E-state index >= 15 is 4.39 Å². The summed E-state index contributed by atoms with van der Waals surface area (Å²) in [4.78, 5) is 33.7. The average molecular weight is 533 g/mol. The maximum atomic E-state index is 15.2. The summed E-state index contributed by atoms with van der Waals surface area (Å²) in [5.41, 5.74) is 3.46. The molecule has 2 unspecified atom stereocenters. The third kappa shape index (κ3) is 5.36. The van der Waals surface area contributed by atoms with Gasteiger partial charge in [-0.3, -0.25) is 14.6 Å². The zero-order valence-corrected chi connectivity index (χ0v) is 22.5. The second-order valence-electron chi connectivity index (χ2n) is 10.4. The van der Waals surface area contributed by atoms with Crippen LogP contribution in [0.15, 0.2) is 35.3 Å². The van der Waals surface area contributed by atoms with Crippen molar-refractivity contribution in [2.75, 3.05) is 19.5 Å². The van der Waals surface area contributed by atoms with Crippen LogP contribution < -0.4 is 16.1 Å². The van der Waals surface area contributed by atoms with Crippen LogP contribution >= 0.6 is 11.6 Å². The number of urea groups is 1. The van der Waals surface area contributed by atoms with Crippen LogP contribution in [0.3, 0.4) is 0 Å². The normalized spacial score (nSPS) is 27.2. The molecule has 0 bridgehead atoms. The molecule has 0 spiro atoms. The zero-order chi connectivity index (χ0) is 26.9. The van der Waals surface area contributed by atoms with E-state index in [2.05, 4.69) is 51.8 Å². The molecule has 3 amide bonds. The number of anilines is 1. The van der Waals surface area contributed by atoms with Crippen LogP contribution in [-0.2, 0) is 9.63 Å². The molecular weight excluding hydrogens is 499 g/mol. The lowest BCUT2D eigenvalue weighted by Gasteiger charge is -2.40. The Morgan fingerprint density at radius 3 is 2.78 bits per heavy atom. The Morgan fingerprint density at radius 1 is 1.32 bits per heavy atom. The number of nitrogens with zero attached hydrogens (tertiary/aromatic N) is 3. The van der Waals surface area contributed by atoms with Gasteiger partial charge < -0.3 is 10.6 Å². The third-order valence-electron chi connectivity index (χ3n) is 7.91. The van der Waals surface area contributed by atoms with Crippen molar-refractivity contribution in [3.8, 4) is 0 Å². The number of carbonyl (C=O) groups is 2. The number of rotatable bonds is 6. The molecule has 1 aromatic heterocycles. The molecule has 200 valence electrons. The molecule has 4 atom stereocenters. The second kappa shape index (κ2) is 10.8. The quantitative estimate of drug-likeness (QED) is 0.461. The number of allylic oxidation sites excluding steroid dienone is 3. The van der Waals surface area contributed by atoms with Gasteiger partial charge in [0.15, 0.2) is 0 Å². The molecule has 9 nitrogen and oxygen atoms in total. The number of hydrogen-bond acceptors (Lipinski definition) is 6. The third-order valence-corrected chi connectivity index (χ3v) is 8.22. The lowest BCUT2D eigenvalue weighted by molar-refractivity contribution is -0.121. The number of pyridine rings is 1. The van der Waals surface area contributed by atoms with Crippen molar-refractivity contribution in [1.29, 1.82) is 0 Å². The molecule has 1 saturated carbocycles. The molecule has 4 rings (SSSR count). The van der Waals surface area contributed by atoms with Gasteiger partial charge in [-0.15, -0.1) is 0 Å². The van der Waals surface area contributed by atoms with Crippen LogP contribution in [0.1, 0.15) is 52.0 Å². The van der Waals surface area contributed by atoms with Gasteiger partial charge in [0.05, 0.1) is 17.7 Å². The van der Waals surface area contributed by atoms with E-state index in [1.807, 2.05) is 18.1 Å². The first-order chi connectivity index (χ1) is 17.5. The van der Waals surface area contributed by atoms with Crippen molar-refractivity contribution in [3.05, 3.63) is 40.8 Å². The minimum atomic E-state index is -0.436. The van der Waals surface area contributed by atoms with Crippen molar-refractivity contribution < 1.29 is 18.8 Å². The Labute approximate surface area is 221 Å². The number of amides is 3. The summed E-state index contributed by atoms with van der Waals surface area (Å²) >= 11 is 6.50. The fourth-order valence-electron chi connectivity index (χ4n) is 5.42. The number of aromatic nitrogens is 1. The summed E-state index contributed by atoms with van der Waals surface area (Å²) < 4.78 is 15.2. The monoisotopic (exact) mass is 532 g/mol. The molecule has 1 aromatic rings. The lowest BCUT2D eigenvalue weighted by atomic mass is 9.72. The van der Waals surface area contributed by atoms with E-state index < -0.39 is 17.4 Å². The molecule has 37 heavy (non-hydrogen) atoms. The summed E-state index contributed by atoms with van der Waals surface area (Å²) in [6.07, 6.45) is 7.71. The van der Waals surface area contributed by atoms with Crippen molar-refractivity contribution in [2.45, 2.75) is 58.0 Å². The number of hydrazone groups is 1. The minimum absolute atomic E-state index is 0.135. The minimum Gasteiger partial charge on any atom is -0.334 e. The number of nitrogens with one attached hydrogen (secondary N) is 3. The summed E-state index contributed by atoms with van der Waals surface area (Å²) in [5, 5.41) is 12.4. The highest BCUT2D eigenvalue weighted by Crippen LogP contribution is 2.45. The van der Waals surface area contributed by atoms with E-state index in [9.17, 15) is 9.59 Å². The molecule has 1 fully saturated rings. The van der Waals surface area contributed by atoms with Gasteiger partial charge in [-0.05, 0) is 49.8 Å². The Hall–Kier alpha value is -2.98. The topological polar surface area (TPSA) is 108 Å². The van der Waals surface area contributed by atoms with Crippen LogP contribution in [0.2, 0.25) is 5.02 Å². The average Bonchev–Trinajstić information content (AvgIpc) is 3.12. The maximum Gasteiger partial charge on any atom is 0.338 e. The summed E-state index contributed by atoms with van der Waals surface area (Å²) in [6, 6.07) is 1.10. The van der Waals surface area contributed by atoms with Gasteiger partial charge in [0, 0.05) is 36.7 Å². The molecule has 11 heteroatoms. The number of halogens is 2. The number of hydrogen-bond donors (Lipinski definition) is 3. The van der Waals surface area contributed by atoms with Crippen LogP contribution in [0.4, 0.5) is 15.0 Å². The zero-order valence-electron chi connectivity index (χ0n) is 21.8. The molecule has 0 saturated heterocycles. The first-order valence-corrected chi connectivity index (χ1v) is 12.9. The van der Waals surface area contributed by atoms with Gasteiger partial charge in [0.2, 0.25) is 5.91 Å². The van der Waals surface area contributed by atoms with Crippen molar-refractivity contribution in [3.63, 3.8) is 0 Å². The Bertz CT molecular complexity index is 1170. The first-order valence-electron chi connectivity index (χ1n) is 12.5. The Balaban J connectivity index is 1.52. The molecule has 0 radical (unpaired) electrons. The fourth-order valence-corrected chi connectivity index (χ4v) is 5.63. The summed E-state index contributed by atoms with van der Waals surface area (Å²) in [6.45, 7) is 6.28. The van der Waals surface area contributed by atoms with E-state index in [0.29, 0.717) is 40.5 Å². The number of carbonyl (C=O) groups excluding carboxylic acids is 2. The van der Waals surface area contributed by atoms with Crippen molar-refractivity contribution in [1.82, 2.24) is 20.8 Å². The molecular formula is C26H34ClFN6O3. The standard InChI is InChI=1S/C26H34ClFN6O3/c1-14(2)26(3)19-10-16(11-21(28)23(19)32-34(26)4)18-12-22(29-13-20(18)27)31-24(35)15-7-6-8-17(9-15)30-25(36)33-37-5/h10-15,17,19H,6-9H2,1-5H3,(H,29,31,35)(H2,30,33,36)/t15-,17+,19?,26?/m0/s1. The first kappa shape index (κ1) is 27.1. The van der Waals surface area contributed by atoms with Gasteiger partial charge in [0.25, 0.3) is 0 Å². The van der Waals surface area contributed by atoms with Crippen LogP contribution in [0, 0.1) is 17.8 Å². The summed E-state index contributed by atoms with van der Waals surface area (Å²) in [5.74, 6) is -0.561. The fraction of sp³-hybridized carbons (Fsp3) is 0.538. The van der Waals surface area contributed by atoms with Crippen LogP contribution in [0.5, 0.6) is 0 Å². The van der Waals surface area contributed by atoms with E-state index in [0.717, 1.165) is 12.8 Å². The SMILES string of the molecule is CONC(=O)N[C@@H]1CCC[C@H](C(=O)Nc2cc(C3=CC4C(=NN(C)C4(C)C(C)C)C(F)=C3)c(Cl)cn2)C1. The number of fused-ring (bicyclic) bond motifs is 1. The lowest BCUT2D eigenvalue weighted by Crippen LogP contribution is -2.48. The van der Waals surface area contributed by atoms with Crippen molar-refractivity contribution >= 4 is 40.6 Å². The Kier molecular flexibility index (Phi) is 7.89. The predicted molar refractivity (Wildman–Crippen MR) is 141 cm³/mol. The molecule has 2 aliphatic carbocycles. The van der Waals surface area contributed by atoms with E-state index in [1.165, 1.54) is 19.4 Å². The highest BCUT2D eigenvalue weighted by molar-refractivity contribution is 6.32. The van der Waals surface area contributed by atoms with Gasteiger partial charge >= 0.3 is 6.03 Å². The number of hydroxylamine groups is 1. The molecule has 1 aliphatic heterocycles. The van der Waals surface area contributed by atoms with Gasteiger partial charge in [0.1, 0.15) is 17.4 Å². The highest BCUT2D eigenvalue weighted by atomic mass is 35.5. The van der Waals surface area contributed by atoms with Crippen LogP contribution in [0.25, 0.3) is 5.57 Å². The van der Waals surface area contributed by atoms with Crippen LogP contribution in [-0.4, -0.2) is 53.4 Å². The molecule has 3 N–H and O–H groups in total. The van der Waals surface area contributed by atoms with E-state index in [4.69, 9.17) is 11.6 Å². The smallest absolute Gasteiger partial charge is 0.334 e. The van der Waals surface area contributed by atoms with Gasteiger partial charge in [-0.25, -0.2) is 19.6 Å². The molecule has 2 heterocycles. The molecule has 3 aliphatic rings. The predicted octanol–water partition coefficient (Wildman–Crippen LogP) is 4.68. The van der Waals surface area contributed by atoms with E-state index in [1.54, 1.807) is 6.07 Å². The Morgan fingerprint density at radius 2 is 2.08 bits per heavy atom. The van der Waals surface area contributed by atoms with Gasteiger partial charge in [-0.2, -0.15) is 5.10 Å². The summed E-state index contributed by atoms with van der Waals surface area (Å²) in [7, 11) is 3.23. The largest absolute Gasteiger partial charge is 0.338 e.